The van der Waals surface area contributed by atoms with Crippen molar-refractivity contribution in [2.45, 2.75) is 94.0 Å². The quantitative estimate of drug-likeness (QED) is 0.124. The maximum atomic E-state index is 10.9. The van der Waals surface area contributed by atoms with Gasteiger partial charge in [-0.05, 0) is 99.8 Å². The third-order valence-electron chi connectivity index (χ3n) is 13.2. The summed E-state index contributed by atoms with van der Waals surface area (Å²) in [6.07, 6.45) is 14.4. The third-order valence-corrected chi connectivity index (χ3v) is 19.2. The first-order chi connectivity index (χ1) is 29.3. The van der Waals surface area contributed by atoms with Crippen molar-refractivity contribution in [3.63, 3.8) is 0 Å². The van der Waals surface area contributed by atoms with Crippen molar-refractivity contribution in [3.05, 3.63) is 80.4 Å². The van der Waals surface area contributed by atoms with Crippen LogP contribution < -0.4 is 13.6 Å². The Morgan fingerprint density at radius 2 is 0.983 bits per heavy atom. The molecule has 6 aliphatic rings. The Hall–Kier alpha value is -2.13. The van der Waals surface area contributed by atoms with Crippen LogP contribution in [0.25, 0.3) is 11.1 Å². The van der Waals surface area contributed by atoms with Crippen LogP contribution in [0, 0.1) is 17.8 Å². The molecule has 0 aromatic heterocycles. The monoisotopic (exact) mass is 886 g/mol. The van der Waals surface area contributed by atoms with Gasteiger partial charge >= 0.3 is 0 Å². The highest BCUT2D eigenvalue weighted by molar-refractivity contribution is 7.48. The summed E-state index contributed by atoms with van der Waals surface area (Å²) in [6.45, 7) is 11.9. The fourth-order valence-electron chi connectivity index (χ4n) is 10.2. The van der Waals surface area contributed by atoms with Gasteiger partial charge < -0.3 is 23.8 Å². The molecule has 3 aliphatic carbocycles. The predicted molar refractivity (Wildman–Crippen MR) is 233 cm³/mol. The lowest BCUT2D eigenvalue weighted by Crippen LogP contribution is -2.42. The molecule has 2 N–H and O–H groups in total. The van der Waals surface area contributed by atoms with Gasteiger partial charge in [-0.3, -0.25) is 19.4 Å². The van der Waals surface area contributed by atoms with Gasteiger partial charge in [-0.25, -0.2) is 9.34 Å². The van der Waals surface area contributed by atoms with E-state index in [-0.39, 0.29) is 49.7 Å². The lowest BCUT2D eigenvalue weighted by Gasteiger charge is -2.33. The molecule has 0 bridgehead atoms. The smallest absolute Gasteiger partial charge is 0.298 e. The molecule has 60 heavy (non-hydrogen) atoms. The number of para-hydroxylation sites is 1. The van der Waals surface area contributed by atoms with Crippen LogP contribution in [0.1, 0.15) is 57.8 Å². The van der Waals surface area contributed by atoms with Crippen LogP contribution in [0.2, 0.25) is 0 Å². The van der Waals surface area contributed by atoms with E-state index in [9.17, 15) is 10.2 Å². The molecule has 18 heteroatoms. The molecular weight excluding hydrogens is 825 g/mol. The first kappa shape index (κ1) is 44.5. The van der Waals surface area contributed by atoms with Crippen molar-refractivity contribution in [3.8, 4) is 28.4 Å². The second-order valence-corrected chi connectivity index (χ2v) is 20.8. The van der Waals surface area contributed by atoms with Crippen molar-refractivity contribution in [2.75, 3.05) is 41.9 Å². The van der Waals surface area contributed by atoms with Crippen molar-refractivity contribution in [1.29, 1.82) is 0 Å². The zero-order valence-electron chi connectivity index (χ0n) is 35.1. The Balaban J connectivity index is 1.17. The minimum atomic E-state index is -1.60. The fraction of sp³-hybridized carbons (Fsp3) is 0.571. The molecule has 2 aromatic carbocycles. The van der Waals surface area contributed by atoms with E-state index in [0.717, 1.165) is 68.9 Å². The van der Waals surface area contributed by atoms with Gasteiger partial charge in [0.25, 0.3) is 25.3 Å². The fourth-order valence-corrected chi connectivity index (χ4v) is 16.1. The highest BCUT2D eigenvalue weighted by Gasteiger charge is 2.55. The first-order valence-electron chi connectivity index (χ1n) is 21.0. The minimum Gasteiger partial charge on any atom is -0.442 e. The average Bonchev–Trinajstić information content (AvgIpc) is 3.88. The number of benzene rings is 2. The summed E-state index contributed by atoms with van der Waals surface area (Å²) in [5.74, 6) is 2.86. The molecule has 8 rings (SSSR count). The molecule has 3 heterocycles. The average molecular weight is 887 g/mol. The molecule has 2 aromatic rings. The van der Waals surface area contributed by atoms with Crippen LogP contribution in [0.15, 0.2) is 80.4 Å². The topological polar surface area (TPSA) is 125 Å². The second kappa shape index (κ2) is 19.7. The van der Waals surface area contributed by atoms with Gasteiger partial charge in [0.05, 0.1) is 52.6 Å². The van der Waals surface area contributed by atoms with E-state index in [0.29, 0.717) is 35.0 Å². The van der Waals surface area contributed by atoms with Gasteiger partial charge in [0.1, 0.15) is 30.7 Å². The summed E-state index contributed by atoms with van der Waals surface area (Å²) < 4.78 is 25.1. The van der Waals surface area contributed by atoms with Crippen LogP contribution in [0.5, 0.6) is 17.2 Å². The number of hydrogen-bond donors (Lipinski definition) is 2. The van der Waals surface area contributed by atoms with Crippen LogP contribution in [0.4, 0.5) is 0 Å². The molecule has 328 valence electrons. The van der Waals surface area contributed by atoms with E-state index in [1.54, 1.807) is 28.4 Å². The van der Waals surface area contributed by atoms with Crippen LogP contribution in [-0.4, -0.2) is 117 Å². The molecular formula is C42H61N6O9P3. The summed E-state index contributed by atoms with van der Waals surface area (Å²) in [5, 5.41) is 21.7. The van der Waals surface area contributed by atoms with Crippen molar-refractivity contribution in [1.82, 2.24) is 28.7 Å². The van der Waals surface area contributed by atoms with E-state index in [1.165, 1.54) is 0 Å². The summed E-state index contributed by atoms with van der Waals surface area (Å²) in [7, 11) is 2.02. The lowest BCUT2D eigenvalue weighted by molar-refractivity contribution is -0.107. The number of hydrogen-bond acceptors (Lipinski definition) is 15. The van der Waals surface area contributed by atoms with Crippen LogP contribution in [-0.2, 0) is 19.4 Å². The molecule has 3 saturated carbocycles. The van der Waals surface area contributed by atoms with Crippen LogP contribution in [0.3, 0.4) is 0 Å². The van der Waals surface area contributed by atoms with Gasteiger partial charge in [0.15, 0.2) is 0 Å². The number of rotatable bonds is 16. The summed E-state index contributed by atoms with van der Waals surface area (Å²) >= 11 is 0. The molecule has 12 unspecified atom stereocenters. The number of fused-ring (bicyclic) bond motifs is 3. The molecule has 0 amide bonds. The molecule has 15 nitrogen and oxygen atoms in total. The van der Waals surface area contributed by atoms with Gasteiger partial charge in [0, 0.05) is 23.2 Å². The summed E-state index contributed by atoms with van der Waals surface area (Å²) in [5.41, 5.74) is 1.49. The minimum absolute atomic E-state index is 0.0350. The van der Waals surface area contributed by atoms with E-state index < -0.39 is 25.3 Å². The number of aliphatic hydroxyl groups is 2. The second-order valence-electron chi connectivity index (χ2n) is 16.1. The molecule has 0 radical (unpaired) electrons. The van der Waals surface area contributed by atoms with Crippen molar-refractivity contribution >= 4 is 25.3 Å². The first-order valence-corrected chi connectivity index (χ1v) is 24.5. The van der Waals surface area contributed by atoms with Gasteiger partial charge in [-0.15, -0.1) is 39.1 Å². The normalized spacial score (nSPS) is 35.4. The van der Waals surface area contributed by atoms with Crippen molar-refractivity contribution in [2.24, 2.45) is 17.8 Å². The Morgan fingerprint density at radius 1 is 0.533 bits per heavy atom. The molecule has 3 aliphatic heterocycles. The van der Waals surface area contributed by atoms with Gasteiger partial charge in [-0.1, -0.05) is 36.4 Å². The standard InChI is InChI=1S/C42H61N6O9P3/c1-8-29-16-20-36-38(23-29)44(28-50)59(45(36)51-4)57-42-22-18-32(55-60-46(52-5)37-21-17-31(10-3)25-40(37)48(60)54-7)26-34(42)33-13-11-12-14-41(33)56-58-43(27-49)35-19-15-30(9-2)24-39(35)47(58)53-6/h8-14,18,22,26,29-31,35-40,49-50H,1-3,15-17,19-21,23-25,27-28H2,4-7H3. The highest BCUT2D eigenvalue weighted by Crippen LogP contribution is 2.63. The number of allylic oxidation sites excluding steroid dienone is 3. The molecule has 6 fully saturated rings. The van der Waals surface area contributed by atoms with Crippen molar-refractivity contribution < 1.29 is 43.1 Å². The maximum Gasteiger partial charge on any atom is 0.298 e. The van der Waals surface area contributed by atoms with E-state index in [2.05, 4.69) is 19.7 Å². The lowest BCUT2D eigenvalue weighted by atomic mass is 9.83. The third kappa shape index (κ3) is 8.24. The van der Waals surface area contributed by atoms with Gasteiger partial charge in [-0.2, -0.15) is 0 Å². The molecule has 3 saturated heterocycles. The van der Waals surface area contributed by atoms with E-state index in [1.807, 2.05) is 89.4 Å². The maximum absolute atomic E-state index is 10.9. The largest absolute Gasteiger partial charge is 0.442 e. The summed E-state index contributed by atoms with van der Waals surface area (Å²) in [6, 6.07) is 14.1. The molecule has 0 spiro atoms. The number of nitrogens with zero attached hydrogens (tertiary/aromatic N) is 6. The van der Waals surface area contributed by atoms with E-state index in [4.69, 9.17) is 32.9 Å². The highest BCUT2D eigenvalue weighted by atomic mass is 31.2. The predicted octanol–water partition coefficient (Wildman–Crippen LogP) is 8.34. The Morgan fingerprint density at radius 3 is 1.55 bits per heavy atom. The van der Waals surface area contributed by atoms with E-state index >= 15 is 0 Å². The molecule has 12 atom stereocenters. The number of aliphatic hydroxyl groups excluding tert-OH is 2. The summed E-state index contributed by atoms with van der Waals surface area (Å²) in [4.78, 5) is 32.0. The van der Waals surface area contributed by atoms with Crippen LogP contribution >= 0.6 is 25.3 Å². The Kier molecular flexibility index (Phi) is 14.6. The Labute approximate surface area is 358 Å². The van der Waals surface area contributed by atoms with Gasteiger partial charge in [0.2, 0.25) is 0 Å². The number of hydroxylamine groups is 4. The Bertz CT molecular complexity index is 1820. The SMILES string of the molecule is C=CC1CCC2C(C1)N(CO)P(Oc1ccc(OP3N(OC)C4CCC(C=C)CC4N3OC)cc1-c1ccccc1OP1N(CO)C3CCC(C=C)CC3N1OC)N2OC. The zero-order valence-corrected chi connectivity index (χ0v) is 37.8. The zero-order chi connectivity index (χ0) is 42.1.